The average Bonchev–Trinajstić information content (AvgIpc) is 2.61. The summed E-state index contributed by atoms with van der Waals surface area (Å²) in [6, 6.07) is 0.895. The molecule has 0 aliphatic heterocycles. The van der Waals surface area contributed by atoms with Crippen molar-refractivity contribution >= 4 is 52.0 Å². The Balaban J connectivity index is 2.59. The van der Waals surface area contributed by atoms with Gasteiger partial charge in [-0.2, -0.15) is 33.7 Å². The van der Waals surface area contributed by atoms with Crippen LogP contribution in [0.1, 0.15) is 31.8 Å². The van der Waals surface area contributed by atoms with Crippen LogP contribution in [0.2, 0.25) is 0 Å². The van der Waals surface area contributed by atoms with Gasteiger partial charge in [-0.1, -0.05) is 0 Å². The largest absolute Gasteiger partial charge is 0.295 e. The maximum absolute atomic E-state index is 12.9. The lowest BCUT2D eigenvalue weighted by molar-refractivity contribution is 0.0973. The molecule has 0 fully saturated rings. The maximum atomic E-state index is 12.9. The van der Waals surface area contributed by atoms with Crippen molar-refractivity contribution < 1.29 is 61.5 Å². The summed E-state index contributed by atoms with van der Waals surface area (Å²) in [5.41, 5.74) is -4.55. The second-order valence-electron chi connectivity index (χ2n) is 6.25. The first-order chi connectivity index (χ1) is 14.2. The number of fused-ring (bicyclic) bond motifs is 2. The minimum Gasteiger partial charge on any atom is -0.289 e. The summed E-state index contributed by atoms with van der Waals surface area (Å²) in [6.07, 6.45) is 0. The third kappa shape index (κ3) is 3.97. The molecule has 0 radical (unpaired) electrons. The molecule has 1 aliphatic carbocycles. The summed E-state index contributed by atoms with van der Waals surface area (Å²) in [5, 5.41) is 0. The van der Waals surface area contributed by atoms with Crippen molar-refractivity contribution in [1.29, 1.82) is 0 Å². The second kappa shape index (κ2) is 6.96. The molecule has 0 saturated heterocycles. The van der Waals surface area contributed by atoms with Crippen LogP contribution < -0.4 is 0 Å². The van der Waals surface area contributed by atoms with E-state index < -0.39 is 93.9 Å². The minimum absolute atomic E-state index is 0.135. The van der Waals surface area contributed by atoms with Gasteiger partial charge in [-0.25, -0.2) is 0 Å². The number of carbonyl (C=O) groups excluding carboxylic acids is 2. The summed E-state index contributed by atoms with van der Waals surface area (Å²) in [6.45, 7) is 0. The van der Waals surface area contributed by atoms with Gasteiger partial charge in [0.2, 0.25) is 0 Å². The zero-order valence-electron chi connectivity index (χ0n) is 14.8. The molecule has 14 nitrogen and oxygen atoms in total. The molecular weight excluding hydrogens is 520 g/mol. The highest BCUT2D eigenvalue weighted by atomic mass is 32.2. The van der Waals surface area contributed by atoms with Crippen LogP contribution in [0.15, 0.2) is 43.8 Å². The average molecular weight is 528 g/mol. The van der Waals surface area contributed by atoms with Gasteiger partial charge >= 0.3 is 0 Å². The topological polar surface area (TPSA) is 252 Å². The Bertz CT molecular complexity index is 1550. The summed E-state index contributed by atoms with van der Waals surface area (Å²) in [5.74, 6) is -3.17. The van der Waals surface area contributed by atoms with E-state index in [0.717, 1.165) is 0 Å². The van der Waals surface area contributed by atoms with Gasteiger partial charge in [0.05, 0.1) is 20.9 Å². The molecule has 0 spiro atoms. The quantitative estimate of drug-likeness (QED) is 0.310. The number of benzene rings is 2. The lowest BCUT2D eigenvalue weighted by Gasteiger charge is -2.22. The molecule has 0 saturated carbocycles. The van der Waals surface area contributed by atoms with Gasteiger partial charge in [0.25, 0.3) is 40.5 Å². The van der Waals surface area contributed by atoms with Crippen molar-refractivity contribution in [3.05, 3.63) is 46.5 Å². The standard InChI is InChI=1S/C14H8O14S4/c15-13-7-1-5(29(17,18)19)3-9(31(23,24)25)11(7)14(16)8-2-6(30(20,21)22)4-10(12(8)13)32(26,27)28/h1-4H,(H,17,18,19)(H,20,21,22)(H,23,24,25)(H,26,27,28). The van der Waals surface area contributed by atoms with Gasteiger partial charge in [0.15, 0.2) is 11.6 Å². The van der Waals surface area contributed by atoms with Crippen LogP contribution in [-0.4, -0.2) is 63.4 Å². The Kier molecular flexibility index (Phi) is 5.23. The Morgan fingerprint density at radius 2 is 0.750 bits per heavy atom. The van der Waals surface area contributed by atoms with Crippen LogP contribution in [0, 0.1) is 0 Å². The monoisotopic (exact) mass is 528 g/mol. The van der Waals surface area contributed by atoms with Crippen LogP contribution in [0.5, 0.6) is 0 Å². The van der Waals surface area contributed by atoms with Gasteiger partial charge in [-0.3, -0.25) is 27.8 Å². The zero-order chi connectivity index (χ0) is 24.6. The second-order valence-corrected chi connectivity index (χ2v) is 11.9. The van der Waals surface area contributed by atoms with E-state index in [1.807, 2.05) is 0 Å². The maximum Gasteiger partial charge on any atom is 0.295 e. The first kappa shape index (κ1) is 24.1. The van der Waals surface area contributed by atoms with Crippen molar-refractivity contribution in [3.8, 4) is 0 Å². The third-order valence-corrected chi connectivity index (χ3v) is 7.66. The van der Waals surface area contributed by atoms with E-state index in [9.17, 15) is 61.5 Å². The fraction of sp³-hybridized carbons (Fsp3) is 0. The van der Waals surface area contributed by atoms with Crippen molar-refractivity contribution in [1.82, 2.24) is 0 Å². The van der Waals surface area contributed by atoms with Crippen LogP contribution in [0.25, 0.3) is 0 Å². The summed E-state index contributed by atoms with van der Waals surface area (Å²) in [4.78, 5) is 20.4. The normalized spacial score (nSPS) is 14.8. The molecule has 172 valence electrons. The number of hydrogen-bond acceptors (Lipinski definition) is 10. The Morgan fingerprint density at radius 3 is 0.969 bits per heavy atom. The number of carbonyl (C=O) groups is 2. The van der Waals surface area contributed by atoms with Gasteiger partial charge in [-0.15, -0.1) is 0 Å². The highest BCUT2D eigenvalue weighted by Gasteiger charge is 2.40. The van der Waals surface area contributed by atoms with Crippen LogP contribution in [-0.2, 0) is 40.5 Å². The smallest absolute Gasteiger partial charge is 0.289 e. The molecule has 32 heavy (non-hydrogen) atoms. The number of ketones is 2. The fourth-order valence-corrected chi connectivity index (χ4v) is 5.67. The fourth-order valence-electron chi connectivity index (χ4n) is 2.98. The predicted molar refractivity (Wildman–Crippen MR) is 99.0 cm³/mol. The van der Waals surface area contributed by atoms with E-state index in [0.29, 0.717) is 12.1 Å². The molecule has 2 aromatic rings. The first-order valence-electron chi connectivity index (χ1n) is 7.60. The van der Waals surface area contributed by atoms with E-state index in [4.69, 9.17) is 0 Å². The van der Waals surface area contributed by atoms with E-state index >= 15 is 0 Å². The van der Waals surface area contributed by atoms with Crippen molar-refractivity contribution in [3.63, 3.8) is 0 Å². The van der Waals surface area contributed by atoms with Crippen molar-refractivity contribution in [2.24, 2.45) is 0 Å². The van der Waals surface area contributed by atoms with Crippen LogP contribution >= 0.6 is 0 Å². The molecule has 0 aromatic heterocycles. The SMILES string of the molecule is O=C1c2cc(S(=O)(=O)O)cc(S(=O)(=O)O)c2C(=O)c2cc(S(=O)(=O)O)cc(S(=O)(=O)O)c21. The highest BCUT2D eigenvalue weighted by molar-refractivity contribution is 7.87. The Labute approximate surface area is 179 Å². The van der Waals surface area contributed by atoms with Gasteiger partial charge < -0.3 is 0 Å². The van der Waals surface area contributed by atoms with E-state index in [1.54, 1.807) is 0 Å². The van der Waals surface area contributed by atoms with Crippen molar-refractivity contribution in [2.45, 2.75) is 19.6 Å². The van der Waals surface area contributed by atoms with E-state index in [-0.39, 0.29) is 12.1 Å². The van der Waals surface area contributed by atoms with E-state index in [2.05, 4.69) is 0 Å². The lowest BCUT2D eigenvalue weighted by Crippen LogP contribution is -2.27. The lowest BCUT2D eigenvalue weighted by atomic mass is 9.84. The summed E-state index contributed by atoms with van der Waals surface area (Å²) < 4.78 is 130. The number of rotatable bonds is 4. The molecule has 0 heterocycles. The molecule has 0 bridgehead atoms. The van der Waals surface area contributed by atoms with Gasteiger partial charge in [0.1, 0.15) is 9.79 Å². The highest BCUT2D eigenvalue weighted by Crippen LogP contribution is 2.37. The molecule has 0 amide bonds. The zero-order valence-corrected chi connectivity index (χ0v) is 18.1. The number of hydrogen-bond donors (Lipinski definition) is 4. The summed E-state index contributed by atoms with van der Waals surface area (Å²) in [7, 11) is -21.3. The molecule has 1 aliphatic rings. The molecule has 0 atom stereocenters. The first-order valence-corrected chi connectivity index (χ1v) is 13.4. The summed E-state index contributed by atoms with van der Waals surface area (Å²) >= 11 is 0. The van der Waals surface area contributed by atoms with Crippen molar-refractivity contribution in [2.75, 3.05) is 0 Å². The molecular formula is C14H8O14S4. The molecule has 3 rings (SSSR count). The molecule has 2 aromatic carbocycles. The Morgan fingerprint density at radius 1 is 0.469 bits per heavy atom. The molecule has 4 N–H and O–H groups in total. The molecule has 0 unspecified atom stereocenters. The van der Waals surface area contributed by atoms with Gasteiger partial charge in [-0.05, 0) is 24.3 Å². The minimum atomic E-state index is -5.45. The predicted octanol–water partition coefficient (Wildman–Crippen LogP) is -0.551. The Hall–Kier alpha value is -2.58. The molecule has 18 heteroatoms. The van der Waals surface area contributed by atoms with E-state index in [1.165, 1.54) is 0 Å². The third-order valence-electron chi connectivity index (χ3n) is 4.25. The van der Waals surface area contributed by atoms with Gasteiger partial charge in [0, 0.05) is 11.1 Å². The van der Waals surface area contributed by atoms with Crippen LogP contribution in [0.3, 0.4) is 0 Å². The van der Waals surface area contributed by atoms with Crippen LogP contribution in [0.4, 0.5) is 0 Å².